The van der Waals surface area contributed by atoms with Crippen molar-refractivity contribution in [2.75, 3.05) is 0 Å². The van der Waals surface area contributed by atoms with E-state index in [1.165, 1.54) is 24.5 Å². The highest BCUT2D eigenvalue weighted by molar-refractivity contribution is 5.91. The van der Waals surface area contributed by atoms with E-state index >= 15 is 0 Å². The van der Waals surface area contributed by atoms with E-state index in [9.17, 15) is 13.6 Å². The molecule has 0 aliphatic heterocycles. The van der Waals surface area contributed by atoms with Crippen LogP contribution in [0.2, 0.25) is 0 Å². The van der Waals surface area contributed by atoms with Gasteiger partial charge in [0.2, 0.25) is 5.89 Å². The molecule has 1 amide bonds. The van der Waals surface area contributed by atoms with E-state index in [2.05, 4.69) is 36.0 Å². The molecule has 3 rings (SSSR count). The summed E-state index contributed by atoms with van der Waals surface area (Å²) in [7, 11) is 0. The number of carbonyl (C=O) groups is 1. The fraction of sp³-hybridized carbons (Fsp3) is 0.333. The minimum absolute atomic E-state index is 0.141. The molecule has 1 atom stereocenters. The molecule has 1 aromatic heterocycles. The summed E-state index contributed by atoms with van der Waals surface area (Å²) in [4.78, 5) is 18.8. The molecule has 0 bridgehead atoms. The molecule has 164 valence electrons. The van der Waals surface area contributed by atoms with Crippen LogP contribution in [0.4, 0.5) is 8.78 Å². The molecule has 0 saturated heterocycles. The van der Waals surface area contributed by atoms with Crippen molar-refractivity contribution in [3.05, 3.63) is 89.1 Å². The number of amides is 1. The third-order valence-corrected chi connectivity index (χ3v) is 5.36. The standard InChI is InChI=1S/C24H27F2N3O2/c1-16(2)17(3)29(13-19-6-4-5-7-21(19)26)14-23-28-22(15-31-23)24(30)27-12-18-8-10-20(25)11-9-18/h4-11,15-17H,12-14H2,1-3H3,(H,27,30). The summed E-state index contributed by atoms with van der Waals surface area (Å²) < 4.78 is 32.7. The van der Waals surface area contributed by atoms with Crippen LogP contribution in [0.5, 0.6) is 0 Å². The first-order valence-corrected chi connectivity index (χ1v) is 10.3. The smallest absolute Gasteiger partial charge is 0.273 e. The first kappa shape index (κ1) is 22.6. The van der Waals surface area contributed by atoms with Gasteiger partial charge in [0.05, 0.1) is 6.54 Å². The molecule has 0 spiro atoms. The highest BCUT2D eigenvalue weighted by Gasteiger charge is 2.22. The number of halogens is 2. The Balaban J connectivity index is 1.66. The summed E-state index contributed by atoms with van der Waals surface area (Å²) in [6.45, 7) is 7.28. The van der Waals surface area contributed by atoms with Crippen molar-refractivity contribution in [2.24, 2.45) is 5.92 Å². The van der Waals surface area contributed by atoms with Crippen LogP contribution in [-0.2, 0) is 19.6 Å². The monoisotopic (exact) mass is 427 g/mol. The molecule has 0 aliphatic rings. The number of aromatic nitrogens is 1. The minimum atomic E-state index is -0.378. The first-order valence-electron chi connectivity index (χ1n) is 10.3. The van der Waals surface area contributed by atoms with E-state index in [0.717, 1.165) is 5.56 Å². The maximum atomic E-state index is 14.2. The summed E-state index contributed by atoms with van der Waals surface area (Å²) in [5.74, 6) is -0.239. The number of oxazole rings is 1. The van der Waals surface area contributed by atoms with Crippen molar-refractivity contribution in [2.45, 2.75) is 46.4 Å². The molecular formula is C24H27F2N3O2. The van der Waals surface area contributed by atoms with Gasteiger partial charge in [-0.15, -0.1) is 0 Å². The number of carbonyl (C=O) groups excluding carboxylic acids is 1. The lowest BCUT2D eigenvalue weighted by molar-refractivity contribution is 0.0945. The molecule has 2 aromatic carbocycles. The third-order valence-electron chi connectivity index (χ3n) is 5.36. The molecule has 7 heteroatoms. The topological polar surface area (TPSA) is 58.4 Å². The largest absolute Gasteiger partial charge is 0.447 e. The fourth-order valence-corrected chi connectivity index (χ4v) is 3.15. The van der Waals surface area contributed by atoms with E-state index in [0.29, 0.717) is 30.5 Å². The lowest BCUT2D eigenvalue weighted by Gasteiger charge is -2.30. The van der Waals surface area contributed by atoms with Crippen LogP contribution in [0.1, 0.15) is 48.3 Å². The van der Waals surface area contributed by atoms with Crippen LogP contribution in [0.3, 0.4) is 0 Å². The Morgan fingerprint density at radius 2 is 1.77 bits per heavy atom. The van der Waals surface area contributed by atoms with Crippen molar-refractivity contribution in [3.63, 3.8) is 0 Å². The highest BCUT2D eigenvalue weighted by atomic mass is 19.1. The predicted octanol–water partition coefficient (Wildman–Crippen LogP) is 4.93. The zero-order chi connectivity index (χ0) is 22.4. The van der Waals surface area contributed by atoms with Gasteiger partial charge in [0.15, 0.2) is 5.69 Å². The summed E-state index contributed by atoms with van der Waals surface area (Å²) in [6.07, 6.45) is 1.32. The van der Waals surface area contributed by atoms with Crippen molar-refractivity contribution in [1.29, 1.82) is 0 Å². The Morgan fingerprint density at radius 3 is 2.45 bits per heavy atom. The molecule has 1 heterocycles. The lowest BCUT2D eigenvalue weighted by atomic mass is 10.0. The summed E-state index contributed by atoms with van der Waals surface area (Å²) in [5.41, 5.74) is 1.54. The van der Waals surface area contributed by atoms with Crippen LogP contribution in [0, 0.1) is 17.6 Å². The zero-order valence-electron chi connectivity index (χ0n) is 17.9. The van der Waals surface area contributed by atoms with Gasteiger partial charge in [0.1, 0.15) is 17.9 Å². The van der Waals surface area contributed by atoms with Gasteiger partial charge in [0, 0.05) is 24.7 Å². The highest BCUT2D eigenvalue weighted by Crippen LogP contribution is 2.19. The molecule has 5 nitrogen and oxygen atoms in total. The third kappa shape index (κ3) is 6.21. The molecule has 0 fully saturated rings. The molecule has 0 aliphatic carbocycles. The Labute approximate surface area is 181 Å². The Hall–Kier alpha value is -3.06. The van der Waals surface area contributed by atoms with Gasteiger partial charge in [-0.05, 0) is 36.6 Å². The summed E-state index contributed by atoms with van der Waals surface area (Å²) >= 11 is 0. The van der Waals surface area contributed by atoms with E-state index in [4.69, 9.17) is 4.42 Å². The number of hydrogen-bond acceptors (Lipinski definition) is 4. The van der Waals surface area contributed by atoms with Gasteiger partial charge < -0.3 is 9.73 Å². The molecule has 1 unspecified atom stereocenters. The maximum Gasteiger partial charge on any atom is 0.273 e. The zero-order valence-corrected chi connectivity index (χ0v) is 17.9. The molecule has 0 saturated carbocycles. The van der Waals surface area contributed by atoms with Crippen molar-refractivity contribution >= 4 is 5.91 Å². The summed E-state index contributed by atoms with van der Waals surface area (Å²) in [6, 6.07) is 12.7. The number of nitrogens with one attached hydrogen (secondary N) is 1. The average Bonchev–Trinajstić information content (AvgIpc) is 3.22. The van der Waals surface area contributed by atoms with Crippen LogP contribution < -0.4 is 5.32 Å². The predicted molar refractivity (Wildman–Crippen MR) is 114 cm³/mol. The lowest BCUT2D eigenvalue weighted by Crippen LogP contribution is -2.36. The fourth-order valence-electron chi connectivity index (χ4n) is 3.15. The van der Waals surface area contributed by atoms with E-state index in [1.807, 2.05) is 6.07 Å². The van der Waals surface area contributed by atoms with Gasteiger partial charge in [-0.1, -0.05) is 44.2 Å². The molecule has 3 aromatic rings. The van der Waals surface area contributed by atoms with E-state index in [-0.39, 0.29) is 35.8 Å². The SMILES string of the molecule is CC(C)C(C)N(Cc1nc(C(=O)NCc2ccc(F)cc2)co1)Cc1ccccc1F. The molecule has 1 N–H and O–H groups in total. The van der Waals surface area contributed by atoms with E-state index in [1.54, 1.807) is 24.3 Å². The van der Waals surface area contributed by atoms with Crippen LogP contribution in [0.25, 0.3) is 0 Å². The molecule has 31 heavy (non-hydrogen) atoms. The summed E-state index contributed by atoms with van der Waals surface area (Å²) in [5, 5.41) is 2.74. The molecular weight excluding hydrogens is 400 g/mol. The van der Waals surface area contributed by atoms with Gasteiger partial charge in [0.25, 0.3) is 5.91 Å². The Bertz CT molecular complexity index is 1000. The van der Waals surface area contributed by atoms with Crippen molar-refractivity contribution in [3.8, 4) is 0 Å². The second-order valence-electron chi connectivity index (χ2n) is 7.92. The first-order chi connectivity index (χ1) is 14.8. The quantitative estimate of drug-likeness (QED) is 0.526. The normalized spacial score (nSPS) is 12.4. The average molecular weight is 427 g/mol. The van der Waals surface area contributed by atoms with Gasteiger partial charge in [-0.25, -0.2) is 13.8 Å². The Kier molecular flexibility index (Phi) is 7.52. The number of hydrogen-bond donors (Lipinski definition) is 1. The Morgan fingerprint density at radius 1 is 1.06 bits per heavy atom. The van der Waals surface area contributed by atoms with Gasteiger partial charge >= 0.3 is 0 Å². The maximum absolute atomic E-state index is 14.2. The van der Waals surface area contributed by atoms with Crippen molar-refractivity contribution in [1.82, 2.24) is 15.2 Å². The molecule has 0 radical (unpaired) electrons. The van der Waals surface area contributed by atoms with Crippen LogP contribution in [0.15, 0.2) is 59.2 Å². The number of benzene rings is 2. The number of rotatable bonds is 9. The minimum Gasteiger partial charge on any atom is -0.447 e. The van der Waals surface area contributed by atoms with Gasteiger partial charge in [-0.2, -0.15) is 0 Å². The van der Waals surface area contributed by atoms with Gasteiger partial charge in [-0.3, -0.25) is 9.69 Å². The second kappa shape index (κ2) is 10.3. The second-order valence-corrected chi connectivity index (χ2v) is 7.92. The van der Waals surface area contributed by atoms with Crippen molar-refractivity contribution < 1.29 is 18.0 Å². The van der Waals surface area contributed by atoms with Crippen LogP contribution >= 0.6 is 0 Å². The van der Waals surface area contributed by atoms with Crippen LogP contribution in [-0.4, -0.2) is 21.8 Å². The number of nitrogens with zero attached hydrogens (tertiary/aromatic N) is 2. The van der Waals surface area contributed by atoms with E-state index < -0.39 is 0 Å².